The van der Waals surface area contributed by atoms with Gasteiger partial charge in [-0.3, -0.25) is 4.99 Å². The van der Waals surface area contributed by atoms with Crippen molar-refractivity contribution in [1.29, 1.82) is 0 Å². The van der Waals surface area contributed by atoms with Crippen LogP contribution >= 0.6 is 0 Å². The zero-order chi connectivity index (χ0) is 12.7. The van der Waals surface area contributed by atoms with Crippen LogP contribution in [0.1, 0.15) is 71.6 Å². The second-order valence-electron chi connectivity index (χ2n) is 6.24. The van der Waals surface area contributed by atoms with Crippen molar-refractivity contribution >= 4 is 5.96 Å². The molecular formula is C14H29N3. The maximum atomic E-state index is 5.53. The quantitative estimate of drug-likeness (QED) is 0.545. The van der Waals surface area contributed by atoms with Crippen molar-refractivity contribution in [2.24, 2.45) is 21.9 Å². The van der Waals surface area contributed by atoms with Crippen LogP contribution in [-0.4, -0.2) is 12.0 Å². The molecule has 1 aliphatic carbocycles. The molecule has 0 amide bonds. The Morgan fingerprint density at radius 1 is 1.00 bits per heavy atom. The van der Waals surface area contributed by atoms with E-state index >= 15 is 0 Å². The average Bonchev–Trinajstić information content (AvgIpc) is 2.22. The molecule has 0 bridgehead atoms. The Morgan fingerprint density at radius 2 is 1.59 bits per heavy atom. The Bertz CT molecular complexity index is 242. The number of hydrogen-bond acceptors (Lipinski definition) is 1. The Labute approximate surface area is 106 Å². The van der Waals surface area contributed by atoms with Gasteiger partial charge >= 0.3 is 0 Å². The predicted octanol–water partition coefficient (Wildman–Crippen LogP) is 3.18. The summed E-state index contributed by atoms with van der Waals surface area (Å²) in [7, 11) is 0. The highest BCUT2D eigenvalue weighted by Gasteiger charge is 2.23. The topological polar surface area (TPSA) is 64.4 Å². The minimum atomic E-state index is 0.251. The van der Waals surface area contributed by atoms with Gasteiger partial charge in [-0.15, -0.1) is 0 Å². The monoisotopic (exact) mass is 239 g/mol. The van der Waals surface area contributed by atoms with Crippen LogP contribution in [0.2, 0.25) is 0 Å². The molecule has 100 valence electrons. The van der Waals surface area contributed by atoms with Gasteiger partial charge in [0.25, 0.3) is 0 Å². The van der Waals surface area contributed by atoms with Gasteiger partial charge in [0.2, 0.25) is 0 Å². The largest absolute Gasteiger partial charge is 0.370 e. The van der Waals surface area contributed by atoms with E-state index < -0.39 is 0 Å². The molecule has 3 nitrogen and oxygen atoms in total. The summed E-state index contributed by atoms with van der Waals surface area (Å²) in [5.74, 6) is 0.251. The van der Waals surface area contributed by atoms with E-state index in [9.17, 15) is 0 Å². The molecule has 0 aromatic carbocycles. The highest BCUT2D eigenvalue weighted by atomic mass is 15.0. The lowest BCUT2D eigenvalue weighted by atomic mass is 9.80. The van der Waals surface area contributed by atoms with Gasteiger partial charge in [-0.2, -0.15) is 0 Å². The van der Waals surface area contributed by atoms with Crippen LogP contribution in [0.15, 0.2) is 4.99 Å². The number of aliphatic imine (C=N–C) groups is 1. The summed E-state index contributed by atoms with van der Waals surface area (Å²) >= 11 is 0. The first kappa shape index (κ1) is 14.3. The van der Waals surface area contributed by atoms with Crippen molar-refractivity contribution in [3.8, 4) is 0 Å². The Morgan fingerprint density at radius 3 is 2.24 bits per heavy atom. The van der Waals surface area contributed by atoms with Crippen LogP contribution in [0.4, 0.5) is 0 Å². The van der Waals surface area contributed by atoms with E-state index in [0.717, 1.165) is 12.8 Å². The molecule has 1 saturated carbocycles. The first-order valence-corrected chi connectivity index (χ1v) is 7.08. The van der Waals surface area contributed by atoms with Crippen molar-refractivity contribution in [3.05, 3.63) is 0 Å². The van der Waals surface area contributed by atoms with Gasteiger partial charge in [-0.25, -0.2) is 0 Å². The van der Waals surface area contributed by atoms with Gasteiger partial charge in [0.1, 0.15) is 0 Å². The van der Waals surface area contributed by atoms with Gasteiger partial charge in [0, 0.05) is 0 Å². The fourth-order valence-electron chi connectivity index (χ4n) is 2.85. The molecule has 1 fully saturated rings. The van der Waals surface area contributed by atoms with Crippen molar-refractivity contribution < 1.29 is 0 Å². The zero-order valence-electron chi connectivity index (χ0n) is 11.5. The van der Waals surface area contributed by atoms with Crippen LogP contribution in [0, 0.1) is 5.41 Å². The minimum Gasteiger partial charge on any atom is -0.370 e. The van der Waals surface area contributed by atoms with Gasteiger partial charge in [0.05, 0.1) is 6.04 Å². The van der Waals surface area contributed by atoms with Crippen molar-refractivity contribution in [3.63, 3.8) is 0 Å². The summed E-state index contributed by atoms with van der Waals surface area (Å²) < 4.78 is 0. The van der Waals surface area contributed by atoms with Crippen molar-refractivity contribution in [2.75, 3.05) is 0 Å². The third-order valence-corrected chi connectivity index (χ3v) is 3.76. The van der Waals surface area contributed by atoms with E-state index in [1.807, 2.05) is 0 Å². The molecular weight excluding hydrogens is 210 g/mol. The SMILES string of the molecule is CC1(C)CCCCCCCCC(N=C(N)N)C1. The Kier molecular flexibility index (Phi) is 5.79. The lowest BCUT2D eigenvalue weighted by Gasteiger charge is -2.28. The molecule has 3 heteroatoms. The highest BCUT2D eigenvalue weighted by Crippen LogP contribution is 2.32. The molecule has 0 aromatic rings. The first-order valence-electron chi connectivity index (χ1n) is 7.08. The Balaban J connectivity index is 2.61. The molecule has 1 aliphatic rings. The Hall–Kier alpha value is -0.730. The number of nitrogens with two attached hydrogens (primary N) is 2. The normalized spacial score (nSPS) is 26.8. The second kappa shape index (κ2) is 6.87. The van der Waals surface area contributed by atoms with E-state index in [1.165, 1.54) is 44.9 Å². The molecule has 0 saturated heterocycles. The number of nitrogens with zero attached hydrogens (tertiary/aromatic N) is 1. The second-order valence-corrected chi connectivity index (χ2v) is 6.24. The van der Waals surface area contributed by atoms with E-state index in [2.05, 4.69) is 18.8 Å². The summed E-state index contributed by atoms with van der Waals surface area (Å²) in [6.07, 6.45) is 11.6. The lowest BCUT2D eigenvalue weighted by molar-refractivity contribution is 0.268. The molecule has 0 aliphatic heterocycles. The molecule has 1 rings (SSSR count). The van der Waals surface area contributed by atoms with Crippen LogP contribution in [0.5, 0.6) is 0 Å². The molecule has 1 unspecified atom stereocenters. The van der Waals surface area contributed by atoms with E-state index in [0.29, 0.717) is 11.5 Å². The van der Waals surface area contributed by atoms with E-state index in [4.69, 9.17) is 11.5 Å². The molecule has 0 spiro atoms. The summed E-state index contributed by atoms with van der Waals surface area (Å²) in [6, 6.07) is 0.327. The van der Waals surface area contributed by atoms with Gasteiger partial charge in [-0.1, -0.05) is 52.4 Å². The highest BCUT2D eigenvalue weighted by molar-refractivity contribution is 5.75. The number of guanidine groups is 1. The third-order valence-electron chi connectivity index (χ3n) is 3.76. The van der Waals surface area contributed by atoms with Gasteiger partial charge < -0.3 is 11.5 Å². The standard InChI is InChI=1S/C14H29N3/c1-14(2)10-8-6-4-3-5-7-9-12(11-14)17-13(15)16/h12H,3-11H2,1-2H3,(H4,15,16,17). The van der Waals surface area contributed by atoms with E-state index in [1.54, 1.807) is 0 Å². The predicted molar refractivity (Wildman–Crippen MR) is 74.9 cm³/mol. The number of rotatable bonds is 1. The summed E-state index contributed by atoms with van der Waals surface area (Å²) in [5.41, 5.74) is 11.4. The van der Waals surface area contributed by atoms with Crippen LogP contribution < -0.4 is 11.5 Å². The van der Waals surface area contributed by atoms with Crippen LogP contribution in [0.25, 0.3) is 0 Å². The minimum absolute atomic E-state index is 0.251. The van der Waals surface area contributed by atoms with Crippen LogP contribution in [0.3, 0.4) is 0 Å². The molecule has 0 aromatic heterocycles. The number of hydrogen-bond donors (Lipinski definition) is 2. The third kappa shape index (κ3) is 6.54. The lowest BCUT2D eigenvalue weighted by Crippen LogP contribution is -2.28. The van der Waals surface area contributed by atoms with E-state index in [-0.39, 0.29) is 5.96 Å². The smallest absolute Gasteiger partial charge is 0.186 e. The molecule has 17 heavy (non-hydrogen) atoms. The van der Waals surface area contributed by atoms with Crippen molar-refractivity contribution in [1.82, 2.24) is 0 Å². The molecule has 0 radical (unpaired) electrons. The summed E-state index contributed by atoms with van der Waals surface area (Å²) in [5, 5.41) is 0. The van der Waals surface area contributed by atoms with Gasteiger partial charge in [0.15, 0.2) is 5.96 Å². The van der Waals surface area contributed by atoms with Crippen molar-refractivity contribution in [2.45, 2.75) is 77.7 Å². The van der Waals surface area contributed by atoms with Crippen LogP contribution in [-0.2, 0) is 0 Å². The fourth-order valence-corrected chi connectivity index (χ4v) is 2.85. The summed E-state index contributed by atoms with van der Waals surface area (Å²) in [6.45, 7) is 4.69. The average molecular weight is 239 g/mol. The molecule has 1 atom stereocenters. The molecule has 4 N–H and O–H groups in total. The molecule has 0 heterocycles. The first-order chi connectivity index (χ1) is 7.99. The maximum Gasteiger partial charge on any atom is 0.186 e. The maximum absolute atomic E-state index is 5.53. The zero-order valence-corrected chi connectivity index (χ0v) is 11.5. The summed E-state index contributed by atoms with van der Waals surface area (Å²) in [4.78, 5) is 4.41. The fraction of sp³-hybridized carbons (Fsp3) is 0.929. The van der Waals surface area contributed by atoms with Gasteiger partial charge in [-0.05, 0) is 24.7 Å².